The first kappa shape index (κ1) is 31.4. The molecule has 1 aromatic heterocycles. The summed E-state index contributed by atoms with van der Waals surface area (Å²) >= 11 is 0. The molecule has 11 atom stereocenters. The molecule has 0 bridgehead atoms. The Labute approximate surface area is 229 Å². The third-order valence-corrected chi connectivity index (χ3v) is 7.56. The summed E-state index contributed by atoms with van der Waals surface area (Å²) in [4.78, 5) is 38.3. The highest BCUT2D eigenvalue weighted by Crippen LogP contribution is 2.49. The summed E-state index contributed by atoms with van der Waals surface area (Å²) in [6.07, 6.45) is -14.2. The van der Waals surface area contributed by atoms with Crippen molar-refractivity contribution in [3.05, 3.63) is 34.3 Å². The van der Waals surface area contributed by atoms with E-state index in [0.29, 0.717) is 0 Å². The minimum Gasteiger partial charge on any atom is -0.506 e. The Morgan fingerprint density at radius 1 is 1.17 bits per heavy atom. The lowest BCUT2D eigenvalue weighted by Gasteiger charge is -2.37. The number of hydrogen-bond acceptors (Lipinski definition) is 18. The van der Waals surface area contributed by atoms with Crippen LogP contribution in [0.15, 0.2) is 28.6 Å². The number of aromatic nitrogens is 2. The van der Waals surface area contributed by atoms with Crippen LogP contribution in [0.25, 0.3) is 0 Å². The van der Waals surface area contributed by atoms with Gasteiger partial charge < -0.3 is 65.9 Å². The topological polar surface area (TPSA) is 329 Å². The summed E-state index contributed by atoms with van der Waals surface area (Å²) in [7, 11) is -5.34. The number of nitrogen functional groups attached to an aromatic ring is 1. The third kappa shape index (κ3) is 5.88. The molecule has 230 valence electrons. The molecule has 2 fully saturated rings. The van der Waals surface area contributed by atoms with Crippen LogP contribution in [-0.4, -0.2) is 130 Å². The number of rotatable bonds is 9. The van der Waals surface area contributed by atoms with Gasteiger partial charge in [-0.15, -0.1) is 0 Å². The maximum Gasteiger partial charge on any atom is 0.527 e. The molecule has 41 heavy (non-hydrogen) atoms. The van der Waals surface area contributed by atoms with Crippen molar-refractivity contribution in [1.29, 1.82) is 0 Å². The van der Waals surface area contributed by atoms with Crippen molar-refractivity contribution < 1.29 is 73.3 Å². The highest BCUT2D eigenvalue weighted by atomic mass is 31.2. The van der Waals surface area contributed by atoms with Gasteiger partial charge in [-0.05, 0) is 6.07 Å². The Morgan fingerprint density at radius 3 is 2.46 bits per heavy atom. The molecule has 21 heteroatoms. The molecule has 3 aliphatic rings. The lowest BCUT2D eigenvalue weighted by molar-refractivity contribution is -0.291. The van der Waals surface area contributed by atoms with Crippen molar-refractivity contribution in [2.45, 2.75) is 60.8 Å². The second-order valence-corrected chi connectivity index (χ2v) is 10.8. The van der Waals surface area contributed by atoms with Gasteiger partial charge in [0, 0.05) is 6.20 Å². The number of carbonyl (C=O) groups excluding carboxylic acids is 1. The number of Topliss-reactive ketones (excluding diaryl/α,β-unsaturated/α-hetero) is 1. The minimum absolute atomic E-state index is 0.150. The van der Waals surface area contributed by atoms with E-state index in [1.165, 1.54) is 6.07 Å². The van der Waals surface area contributed by atoms with Crippen LogP contribution in [0, 0.1) is 0 Å². The number of phosphoric acid groups is 1. The maximum atomic E-state index is 12.6. The van der Waals surface area contributed by atoms with E-state index in [1.54, 1.807) is 0 Å². The van der Waals surface area contributed by atoms with Gasteiger partial charge in [-0.2, -0.15) is 4.98 Å². The quantitative estimate of drug-likeness (QED) is 0.116. The molecule has 0 aromatic carbocycles. The highest BCUT2D eigenvalue weighted by molar-refractivity contribution is 7.47. The van der Waals surface area contributed by atoms with E-state index >= 15 is 0 Å². The largest absolute Gasteiger partial charge is 0.527 e. The van der Waals surface area contributed by atoms with Crippen LogP contribution < -0.4 is 17.2 Å². The van der Waals surface area contributed by atoms with E-state index in [0.717, 1.165) is 10.8 Å². The van der Waals surface area contributed by atoms with Crippen molar-refractivity contribution in [2.24, 2.45) is 5.73 Å². The zero-order valence-electron chi connectivity index (χ0n) is 20.8. The number of aliphatic hydroxyl groups excluding tert-OH is 7. The van der Waals surface area contributed by atoms with Gasteiger partial charge in [0.15, 0.2) is 18.3 Å². The summed E-state index contributed by atoms with van der Waals surface area (Å²) in [6.45, 7) is -2.59. The molecule has 0 spiro atoms. The molecule has 1 aromatic rings. The number of ether oxygens (including phenoxy) is 3. The summed E-state index contributed by atoms with van der Waals surface area (Å²) < 4.78 is 39.2. The first-order chi connectivity index (χ1) is 19.1. The fraction of sp³-hybridized carbons (Fsp3) is 0.650. The Kier molecular flexibility index (Phi) is 8.88. The molecule has 11 unspecified atom stereocenters. The van der Waals surface area contributed by atoms with Gasteiger partial charge in [-0.1, -0.05) is 0 Å². The number of nitrogens with two attached hydrogens (primary N) is 2. The monoisotopic (exact) mass is 612 g/mol. The number of nitrogens with zero attached hydrogens (tertiary/aromatic N) is 2. The number of carbonyl (C=O) groups is 1. The van der Waals surface area contributed by atoms with Crippen LogP contribution in [0.5, 0.6) is 0 Å². The van der Waals surface area contributed by atoms with Crippen molar-refractivity contribution in [2.75, 3.05) is 25.6 Å². The number of ketones is 1. The van der Waals surface area contributed by atoms with Crippen LogP contribution >= 0.6 is 7.82 Å². The molecule has 2 saturated heterocycles. The van der Waals surface area contributed by atoms with E-state index in [1.807, 2.05) is 0 Å². The molecule has 0 radical (unpaired) electrons. The number of phosphoric ester groups is 1. The number of hydrogen-bond donors (Lipinski definition) is 10. The maximum absolute atomic E-state index is 12.6. The summed E-state index contributed by atoms with van der Waals surface area (Å²) in [5, 5.41) is 70.2. The van der Waals surface area contributed by atoms with Crippen molar-refractivity contribution in [1.82, 2.24) is 9.55 Å². The van der Waals surface area contributed by atoms with Gasteiger partial charge in [0.05, 0.1) is 19.8 Å². The average molecular weight is 612 g/mol. The zero-order valence-corrected chi connectivity index (χ0v) is 21.7. The summed E-state index contributed by atoms with van der Waals surface area (Å²) in [6, 6.07) is 1.20. The fourth-order valence-corrected chi connectivity index (χ4v) is 5.09. The lowest BCUT2D eigenvalue weighted by atomic mass is 9.97. The predicted octanol–water partition coefficient (Wildman–Crippen LogP) is -5.56. The summed E-state index contributed by atoms with van der Waals surface area (Å²) in [5.74, 6) is -4.04. The van der Waals surface area contributed by atoms with Crippen molar-refractivity contribution in [3.63, 3.8) is 0 Å². The molecule has 0 saturated carbocycles. The fourth-order valence-electron chi connectivity index (χ4n) is 4.30. The smallest absolute Gasteiger partial charge is 0.506 e. The number of aliphatic hydroxyl groups is 7. The van der Waals surface area contributed by atoms with E-state index in [9.17, 15) is 54.8 Å². The van der Waals surface area contributed by atoms with Gasteiger partial charge in [-0.25, -0.2) is 9.36 Å². The summed E-state index contributed by atoms with van der Waals surface area (Å²) in [5.41, 5.74) is 7.68. The van der Waals surface area contributed by atoms with Gasteiger partial charge in [0.25, 0.3) is 0 Å². The van der Waals surface area contributed by atoms with Gasteiger partial charge >= 0.3 is 13.5 Å². The highest BCUT2D eigenvalue weighted by Gasteiger charge is 2.55. The van der Waals surface area contributed by atoms with Gasteiger partial charge in [-0.3, -0.25) is 18.8 Å². The standard InChI is InChI=1S/C20H29N4O16P/c21-8-1-2-24(19(33)23-8)17-12(30)13(39-18-10(28)9(27)6(26)3-36-18)7(38-17)4-37-41(34,35)40-14-11(29)15(31)20(22,5-25)16(14)32/h1-2,6-7,9-10,12-13,15,17-18,25-28,30-32H,3-5,22H2,(H,34,35)(H2,21,23,33). The molecular weight excluding hydrogens is 583 g/mol. The average Bonchev–Trinajstić information content (AvgIpc) is 3.30. The Balaban J connectivity index is 1.55. The Hall–Kier alpha value is -2.56. The molecule has 3 heterocycles. The second-order valence-electron chi connectivity index (χ2n) is 9.45. The van der Waals surface area contributed by atoms with Crippen LogP contribution in [0.2, 0.25) is 0 Å². The SMILES string of the molecule is Nc1ccn(C2OC(COP(=O)(O)OC3=C(O)C(N)(CO)C(O)C3=O)C(OC3OCC(O)C(O)C3O)C2O)c(=O)n1. The van der Waals surface area contributed by atoms with Crippen LogP contribution in [0.3, 0.4) is 0 Å². The first-order valence-electron chi connectivity index (χ1n) is 11.8. The van der Waals surface area contributed by atoms with E-state index in [4.69, 9.17) is 30.2 Å². The molecule has 12 N–H and O–H groups in total. The van der Waals surface area contributed by atoms with Gasteiger partial charge in [0.1, 0.15) is 54.1 Å². The molecule has 0 amide bonds. The van der Waals surface area contributed by atoms with Crippen LogP contribution in [0.1, 0.15) is 6.23 Å². The molecule has 20 nitrogen and oxygen atoms in total. The number of anilines is 1. The molecule has 2 aliphatic heterocycles. The minimum atomic E-state index is -5.34. The normalized spacial score (nSPS) is 39.2. The predicted molar refractivity (Wildman–Crippen MR) is 127 cm³/mol. The molecule has 4 rings (SSSR count). The van der Waals surface area contributed by atoms with Gasteiger partial charge in [0.2, 0.25) is 11.5 Å². The zero-order chi connectivity index (χ0) is 30.4. The first-order valence-corrected chi connectivity index (χ1v) is 13.3. The van der Waals surface area contributed by atoms with E-state index < -0.39 is 111 Å². The van der Waals surface area contributed by atoms with E-state index in [2.05, 4.69) is 9.51 Å². The Bertz CT molecular complexity index is 1290. The third-order valence-electron chi connectivity index (χ3n) is 6.67. The van der Waals surface area contributed by atoms with Crippen LogP contribution in [0.4, 0.5) is 5.82 Å². The lowest BCUT2D eigenvalue weighted by Crippen LogP contribution is -2.56. The van der Waals surface area contributed by atoms with Crippen molar-refractivity contribution >= 4 is 19.4 Å². The molecule has 1 aliphatic carbocycles. The Morgan fingerprint density at radius 2 is 1.85 bits per heavy atom. The van der Waals surface area contributed by atoms with Crippen molar-refractivity contribution in [3.8, 4) is 0 Å². The van der Waals surface area contributed by atoms with Crippen LogP contribution in [-0.2, 0) is 32.6 Å². The molecular formula is C20H29N4O16P. The second kappa shape index (κ2) is 11.6. The van der Waals surface area contributed by atoms with E-state index in [-0.39, 0.29) is 5.82 Å².